The summed E-state index contributed by atoms with van der Waals surface area (Å²) in [5.41, 5.74) is 0.456. The minimum absolute atomic E-state index is 0.0286. The van der Waals surface area contributed by atoms with E-state index in [2.05, 4.69) is 36.0 Å². The highest BCUT2D eigenvalue weighted by Gasteiger charge is 2.40. The van der Waals surface area contributed by atoms with Crippen molar-refractivity contribution in [2.75, 3.05) is 13.1 Å². The van der Waals surface area contributed by atoms with E-state index in [0.29, 0.717) is 11.5 Å². The number of carboxylic acids is 1. The molecule has 0 spiro atoms. The van der Waals surface area contributed by atoms with Crippen molar-refractivity contribution in [2.24, 2.45) is 11.3 Å². The van der Waals surface area contributed by atoms with Gasteiger partial charge in [-0.05, 0) is 30.6 Å². The fraction of sp³-hybridized carbons (Fsp3) is 0.800. The van der Waals surface area contributed by atoms with Crippen molar-refractivity contribution in [2.45, 2.75) is 52.1 Å². The second-order valence-corrected chi connectivity index (χ2v) is 7.56. The molecule has 3 rings (SSSR count). The Bertz CT molecular complexity index is 534. The van der Waals surface area contributed by atoms with Crippen LogP contribution in [0.1, 0.15) is 56.6 Å². The molecule has 0 amide bonds. The molecule has 0 bridgehead atoms. The van der Waals surface area contributed by atoms with Crippen LogP contribution in [0, 0.1) is 11.3 Å². The van der Waals surface area contributed by atoms with Crippen LogP contribution in [-0.4, -0.2) is 50.1 Å². The van der Waals surface area contributed by atoms with Gasteiger partial charge in [-0.15, -0.1) is 5.10 Å². The maximum Gasteiger partial charge on any atom is 0.358 e. The fourth-order valence-corrected chi connectivity index (χ4v) is 4.08. The van der Waals surface area contributed by atoms with E-state index in [-0.39, 0.29) is 11.7 Å². The minimum atomic E-state index is -1.01. The third-order valence-electron chi connectivity index (χ3n) is 4.87. The lowest BCUT2D eigenvalue weighted by Crippen LogP contribution is -2.55. The number of aromatic carboxylic acids is 1. The molecule has 21 heavy (non-hydrogen) atoms. The summed E-state index contributed by atoms with van der Waals surface area (Å²) in [5.74, 6) is -0.233. The van der Waals surface area contributed by atoms with Crippen LogP contribution < -0.4 is 0 Å². The molecule has 6 nitrogen and oxygen atoms in total. The molecule has 1 aliphatic heterocycles. The van der Waals surface area contributed by atoms with Crippen LogP contribution in [0.3, 0.4) is 0 Å². The molecular weight excluding hydrogens is 268 g/mol. The first-order chi connectivity index (χ1) is 9.84. The van der Waals surface area contributed by atoms with Gasteiger partial charge in [-0.1, -0.05) is 26.0 Å². The second-order valence-electron chi connectivity index (χ2n) is 7.56. The van der Waals surface area contributed by atoms with Crippen molar-refractivity contribution in [3.05, 3.63) is 11.9 Å². The Kier molecular flexibility index (Phi) is 3.51. The summed E-state index contributed by atoms with van der Waals surface area (Å²) in [6.07, 6.45) is 5.37. The highest BCUT2D eigenvalue weighted by molar-refractivity contribution is 5.84. The first-order valence-electron chi connectivity index (χ1n) is 7.73. The average molecular weight is 292 g/mol. The second kappa shape index (κ2) is 5.09. The Morgan fingerprint density at radius 3 is 2.62 bits per heavy atom. The highest BCUT2D eigenvalue weighted by Crippen LogP contribution is 2.42. The van der Waals surface area contributed by atoms with E-state index in [1.54, 1.807) is 4.68 Å². The van der Waals surface area contributed by atoms with Gasteiger partial charge >= 0.3 is 5.97 Å². The Balaban J connectivity index is 1.58. The number of likely N-dealkylation sites (tertiary alicyclic amines) is 1. The Labute approximate surface area is 125 Å². The monoisotopic (exact) mass is 292 g/mol. The van der Waals surface area contributed by atoms with Crippen LogP contribution in [0.5, 0.6) is 0 Å². The average Bonchev–Trinajstić information content (AvgIpc) is 2.73. The van der Waals surface area contributed by atoms with Crippen LogP contribution in [0.4, 0.5) is 0 Å². The van der Waals surface area contributed by atoms with Gasteiger partial charge in [-0.2, -0.15) is 0 Å². The zero-order chi connectivity index (χ0) is 15.2. The van der Waals surface area contributed by atoms with Crippen LogP contribution >= 0.6 is 0 Å². The number of carbonyl (C=O) groups is 1. The van der Waals surface area contributed by atoms with Gasteiger partial charge in [0.2, 0.25) is 0 Å². The molecule has 0 aromatic carbocycles. The summed E-state index contributed by atoms with van der Waals surface area (Å²) >= 11 is 0. The van der Waals surface area contributed by atoms with Crippen molar-refractivity contribution in [3.8, 4) is 0 Å². The lowest BCUT2D eigenvalue weighted by atomic mass is 9.69. The standard InChI is InChI=1S/C15H24N4O2/c1-10-4-11(6-15(2,3)5-10)18-7-12(8-18)19-9-13(14(20)21)16-17-19/h9-12H,4-8H2,1-3H3,(H,20,21). The number of hydrogen-bond acceptors (Lipinski definition) is 4. The van der Waals surface area contributed by atoms with Gasteiger partial charge in [0.25, 0.3) is 0 Å². The van der Waals surface area contributed by atoms with Crippen molar-refractivity contribution < 1.29 is 9.90 Å². The molecule has 1 saturated heterocycles. The van der Waals surface area contributed by atoms with Crippen LogP contribution in [0.2, 0.25) is 0 Å². The summed E-state index contributed by atoms with van der Waals surface area (Å²) < 4.78 is 1.71. The summed E-state index contributed by atoms with van der Waals surface area (Å²) in [7, 11) is 0. The summed E-state index contributed by atoms with van der Waals surface area (Å²) in [4.78, 5) is 13.4. The summed E-state index contributed by atoms with van der Waals surface area (Å²) in [5, 5.41) is 16.5. The lowest BCUT2D eigenvalue weighted by Gasteiger charge is -2.50. The van der Waals surface area contributed by atoms with E-state index >= 15 is 0 Å². The molecule has 1 aromatic heterocycles. The Morgan fingerprint density at radius 1 is 1.33 bits per heavy atom. The maximum atomic E-state index is 10.8. The summed E-state index contributed by atoms with van der Waals surface area (Å²) in [6, 6.07) is 0.924. The molecule has 0 radical (unpaired) electrons. The van der Waals surface area contributed by atoms with Crippen LogP contribution in [0.25, 0.3) is 0 Å². The molecule has 6 heteroatoms. The quantitative estimate of drug-likeness (QED) is 0.923. The summed E-state index contributed by atoms with van der Waals surface area (Å²) in [6.45, 7) is 8.99. The number of hydrogen-bond donors (Lipinski definition) is 1. The number of carboxylic acid groups (broad SMARTS) is 1. The zero-order valence-corrected chi connectivity index (χ0v) is 13.0. The smallest absolute Gasteiger partial charge is 0.358 e. The zero-order valence-electron chi connectivity index (χ0n) is 13.0. The van der Waals surface area contributed by atoms with Gasteiger partial charge in [-0.3, -0.25) is 4.90 Å². The van der Waals surface area contributed by atoms with Gasteiger partial charge in [0, 0.05) is 19.1 Å². The van der Waals surface area contributed by atoms with Crippen LogP contribution in [0.15, 0.2) is 6.20 Å². The first kappa shape index (κ1) is 14.5. The molecule has 2 heterocycles. The van der Waals surface area contributed by atoms with E-state index in [4.69, 9.17) is 5.11 Å². The highest BCUT2D eigenvalue weighted by atomic mass is 16.4. The van der Waals surface area contributed by atoms with E-state index in [1.165, 1.54) is 25.5 Å². The van der Waals surface area contributed by atoms with Crippen molar-refractivity contribution in [1.82, 2.24) is 19.9 Å². The van der Waals surface area contributed by atoms with Gasteiger partial charge in [0.15, 0.2) is 5.69 Å². The molecule has 1 N–H and O–H groups in total. The Hall–Kier alpha value is -1.43. The Morgan fingerprint density at radius 2 is 2.05 bits per heavy atom. The molecule has 1 saturated carbocycles. The van der Waals surface area contributed by atoms with Crippen molar-refractivity contribution in [1.29, 1.82) is 0 Å². The normalized spacial score (nSPS) is 30.0. The van der Waals surface area contributed by atoms with E-state index in [0.717, 1.165) is 19.0 Å². The molecule has 2 fully saturated rings. The molecular formula is C15H24N4O2. The van der Waals surface area contributed by atoms with Gasteiger partial charge in [0.05, 0.1) is 12.2 Å². The van der Waals surface area contributed by atoms with Gasteiger partial charge in [-0.25, -0.2) is 9.48 Å². The number of nitrogens with zero attached hydrogens (tertiary/aromatic N) is 4. The van der Waals surface area contributed by atoms with Gasteiger partial charge in [0.1, 0.15) is 0 Å². The molecule has 1 aliphatic carbocycles. The predicted molar refractivity (Wildman–Crippen MR) is 78.2 cm³/mol. The number of aromatic nitrogens is 3. The van der Waals surface area contributed by atoms with Gasteiger partial charge < -0.3 is 5.11 Å². The third-order valence-corrected chi connectivity index (χ3v) is 4.87. The molecule has 2 aliphatic rings. The molecule has 116 valence electrons. The number of rotatable bonds is 3. The fourth-order valence-electron chi connectivity index (χ4n) is 4.08. The van der Waals surface area contributed by atoms with E-state index in [1.807, 2.05) is 0 Å². The maximum absolute atomic E-state index is 10.8. The van der Waals surface area contributed by atoms with Crippen LogP contribution in [-0.2, 0) is 0 Å². The molecule has 2 unspecified atom stereocenters. The predicted octanol–water partition coefficient (Wildman–Crippen LogP) is 2.05. The van der Waals surface area contributed by atoms with E-state index < -0.39 is 5.97 Å². The lowest BCUT2D eigenvalue weighted by molar-refractivity contribution is -0.00411. The molecule has 2 atom stereocenters. The van der Waals surface area contributed by atoms with Crippen molar-refractivity contribution in [3.63, 3.8) is 0 Å². The topological polar surface area (TPSA) is 71.2 Å². The molecule has 1 aromatic rings. The third kappa shape index (κ3) is 2.95. The van der Waals surface area contributed by atoms with E-state index in [9.17, 15) is 4.79 Å². The SMILES string of the molecule is CC1CC(N2CC(n3cc(C(=O)O)nn3)C2)CC(C)(C)C1. The first-order valence-corrected chi connectivity index (χ1v) is 7.73. The van der Waals surface area contributed by atoms with Crippen molar-refractivity contribution >= 4 is 5.97 Å². The largest absolute Gasteiger partial charge is 0.476 e. The minimum Gasteiger partial charge on any atom is -0.476 e.